The summed E-state index contributed by atoms with van der Waals surface area (Å²) in [5.74, 6) is -0.492. The van der Waals surface area contributed by atoms with Gasteiger partial charge in [-0.3, -0.25) is 0 Å². The van der Waals surface area contributed by atoms with Gasteiger partial charge in [-0.2, -0.15) is 0 Å². The van der Waals surface area contributed by atoms with Crippen LogP contribution in [0, 0.1) is 5.82 Å². The summed E-state index contributed by atoms with van der Waals surface area (Å²) in [6.07, 6.45) is -1.11. The minimum Gasteiger partial charge on any atom is -0.393 e. The van der Waals surface area contributed by atoms with Crippen LogP contribution >= 0.6 is 0 Å². The van der Waals surface area contributed by atoms with Gasteiger partial charge in [-0.15, -0.1) is 0 Å². The molecule has 60 valence electrons. The van der Waals surface area contributed by atoms with E-state index < -0.39 is 18.5 Å². The van der Waals surface area contributed by atoms with Crippen molar-refractivity contribution in [3.63, 3.8) is 0 Å². The Morgan fingerprint density at radius 3 is 2.55 bits per heavy atom. The molecule has 2 nitrogen and oxygen atoms in total. The van der Waals surface area contributed by atoms with Gasteiger partial charge in [0.25, 0.3) is 0 Å². The molecule has 3 heteroatoms. The van der Waals surface area contributed by atoms with E-state index in [2.05, 4.69) is 0 Å². The maximum absolute atomic E-state index is 12.8. The third-order valence-corrected chi connectivity index (χ3v) is 1.44. The molecule has 1 rings (SSSR count). The highest BCUT2D eigenvalue weighted by molar-refractivity contribution is 5.19. The van der Waals surface area contributed by atoms with E-state index in [0.29, 0.717) is 0 Å². The molecule has 0 bridgehead atoms. The van der Waals surface area contributed by atoms with Crippen LogP contribution in [0.25, 0.3) is 0 Å². The smallest absolute Gasteiger partial charge is 0.129 e. The fraction of sp³-hybridized carbons (Fsp3) is 0.250. The van der Waals surface area contributed by atoms with Gasteiger partial charge in [0, 0.05) is 5.56 Å². The normalized spacial score (nSPS) is 13.0. The largest absolute Gasteiger partial charge is 0.393 e. The van der Waals surface area contributed by atoms with Crippen molar-refractivity contribution in [1.29, 1.82) is 0 Å². The summed E-state index contributed by atoms with van der Waals surface area (Å²) in [6.45, 7) is -0.457. The van der Waals surface area contributed by atoms with Crippen molar-refractivity contribution < 1.29 is 14.6 Å². The first-order valence-electron chi connectivity index (χ1n) is 3.29. The highest BCUT2D eigenvalue weighted by atomic mass is 19.1. The van der Waals surface area contributed by atoms with Crippen LogP contribution in [0.5, 0.6) is 0 Å². The van der Waals surface area contributed by atoms with Gasteiger partial charge >= 0.3 is 0 Å². The van der Waals surface area contributed by atoms with Crippen molar-refractivity contribution >= 4 is 0 Å². The summed E-state index contributed by atoms with van der Waals surface area (Å²) in [7, 11) is 0. The van der Waals surface area contributed by atoms with Crippen molar-refractivity contribution in [2.75, 3.05) is 6.61 Å². The zero-order chi connectivity index (χ0) is 8.27. The zero-order valence-corrected chi connectivity index (χ0v) is 5.87. The summed E-state index contributed by atoms with van der Waals surface area (Å²) in [6, 6.07) is 5.82. The maximum atomic E-state index is 12.8. The van der Waals surface area contributed by atoms with Crippen molar-refractivity contribution in [2.45, 2.75) is 6.10 Å². The number of rotatable bonds is 2. The Morgan fingerprint density at radius 2 is 2.00 bits per heavy atom. The van der Waals surface area contributed by atoms with Crippen LogP contribution in [0.1, 0.15) is 11.7 Å². The van der Waals surface area contributed by atoms with Gasteiger partial charge < -0.3 is 10.2 Å². The van der Waals surface area contributed by atoms with Crippen molar-refractivity contribution in [1.82, 2.24) is 0 Å². The summed E-state index contributed by atoms with van der Waals surface area (Å²) < 4.78 is 12.8. The molecule has 0 aliphatic carbocycles. The van der Waals surface area contributed by atoms with Crippen LogP contribution in [-0.2, 0) is 0 Å². The molecule has 0 heterocycles. The standard InChI is InChI=1S/C8H9FO2/c9-7-4-2-1-3-6(7)8(11)5-10/h1-4,8,10-11H,5H2/t8-/m1/s1. The van der Waals surface area contributed by atoms with Crippen LogP contribution < -0.4 is 0 Å². The molecule has 0 saturated heterocycles. The van der Waals surface area contributed by atoms with Crippen LogP contribution in [0.3, 0.4) is 0 Å². The van der Waals surface area contributed by atoms with Crippen molar-refractivity contribution in [3.8, 4) is 0 Å². The predicted octanol–water partition coefficient (Wildman–Crippen LogP) is 0.851. The fourth-order valence-electron chi connectivity index (χ4n) is 0.844. The molecule has 0 aliphatic heterocycles. The number of benzene rings is 1. The van der Waals surface area contributed by atoms with Gasteiger partial charge in [-0.05, 0) is 6.07 Å². The van der Waals surface area contributed by atoms with Crippen molar-refractivity contribution in [2.24, 2.45) is 0 Å². The van der Waals surface area contributed by atoms with E-state index in [1.807, 2.05) is 0 Å². The van der Waals surface area contributed by atoms with Gasteiger partial charge in [0.05, 0.1) is 6.61 Å². The van der Waals surface area contributed by atoms with Crippen LogP contribution in [0.4, 0.5) is 4.39 Å². The Morgan fingerprint density at radius 1 is 1.36 bits per heavy atom. The Labute approximate surface area is 63.9 Å². The summed E-state index contributed by atoms with van der Waals surface area (Å²) in [5, 5.41) is 17.5. The Balaban J connectivity index is 2.93. The molecule has 11 heavy (non-hydrogen) atoms. The monoisotopic (exact) mass is 156 g/mol. The molecule has 1 atom stereocenters. The van der Waals surface area contributed by atoms with E-state index >= 15 is 0 Å². The van der Waals surface area contributed by atoms with E-state index in [1.165, 1.54) is 18.2 Å². The first kappa shape index (κ1) is 8.17. The molecule has 1 aromatic rings. The molecule has 0 unspecified atom stereocenters. The highest BCUT2D eigenvalue weighted by Gasteiger charge is 2.09. The molecule has 1 aromatic carbocycles. The number of halogens is 1. The van der Waals surface area contributed by atoms with E-state index in [4.69, 9.17) is 10.2 Å². The molecule has 0 radical (unpaired) electrons. The second-order valence-corrected chi connectivity index (χ2v) is 2.22. The first-order chi connectivity index (χ1) is 5.25. The molecular weight excluding hydrogens is 147 g/mol. The molecule has 2 N–H and O–H groups in total. The van der Waals surface area contributed by atoms with Gasteiger partial charge in [0.15, 0.2) is 0 Å². The number of hydrogen-bond acceptors (Lipinski definition) is 2. The van der Waals surface area contributed by atoms with Gasteiger partial charge in [0.1, 0.15) is 11.9 Å². The topological polar surface area (TPSA) is 40.5 Å². The number of hydrogen-bond donors (Lipinski definition) is 2. The average Bonchev–Trinajstić information content (AvgIpc) is 2.04. The van der Waals surface area contributed by atoms with Gasteiger partial charge in [0.2, 0.25) is 0 Å². The van der Waals surface area contributed by atoms with E-state index in [1.54, 1.807) is 6.07 Å². The van der Waals surface area contributed by atoms with E-state index in [-0.39, 0.29) is 5.56 Å². The van der Waals surface area contributed by atoms with Crippen LogP contribution in [0.15, 0.2) is 24.3 Å². The maximum Gasteiger partial charge on any atom is 0.129 e. The average molecular weight is 156 g/mol. The fourth-order valence-corrected chi connectivity index (χ4v) is 0.844. The lowest BCUT2D eigenvalue weighted by Gasteiger charge is -2.07. The molecule has 0 aromatic heterocycles. The molecule has 0 fully saturated rings. The Bertz CT molecular complexity index is 237. The van der Waals surface area contributed by atoms with Crippen LogP contribution in [0.2, 0.25) is 0 Å². The van der Waals surface area contributed by atoms with Crippen LogP contribution in [-0.4, -0.2) is 16.8 Å². The molecule has 0 saturated carbocycles. The lowest BCUT2D eigenvalue weighted by molar-refractivity contribution is 0.0926. The van der Waals surface area contributed by atoms with Crippen molar-refractivity contribution in [3.05, 3.63) is 35.6 Å². The zero-order valence-electron chi connectivity index (χ0n) is 5.87. The Kier molecular flexibility index (Phi) is 2.57. The molecule has 0 amide bonds. The molecule has 0 aliphatic rings. The summed E-state index contributed by atoms with van der Waals surface area (Å²) in [4.78, 5) is 0. The first-order valence-corrected chi connectivity index (χ1v) is 3.29. The quantitative estimate of drug-likeness (QED) is 0.666. The van der Waals surface area contributed by atoms with E-state index in [0.717, 1.165) is 0 Å². The second kappa shape index (κ2) is 3.46. The second-order valence-electron chi connectivity index (χ2n) is 2.22. The predicted molar refractivity (Wildman–Crippen MR) is 38.4 cm³/mol. The highest BCUT2D eigenvalue weighted by Crippen LogP contribution is 2.14. The molecular formula is C8H9FO2. The number of aliphatic hydroxyl groups excluding tert-OH is 2. The lowest BCUT2D eigenvalue weighted by Crippen LogP contribution is -2.04. The van der Waals surface area contributed by atoms with Gasteiger partial charge in [-0.1, -0.05) is 18.2 Å². The lowest BCUT2D eigenvalue weighted by atomic mass is 10.1. The van der Waals surface area contributed by atoms with Gasteiger partial charge in [-0.25, -0.2) is 4.39 Å². The third kappa shape index (κ3) is 1.76. The summed E-state index contributed by atoms with van der Waals surface area (Å²) >= 11 is 0. The number of aliphatic hydroxyl groups is 2. The molecule has 0 spiro atoms. The Hall–Kier alpha value is -0.930. The minimum absolute atomic E-state index is 0.134. The summed E-state index contributed by atoms with van der Waals surface area (Å²) in [5.41, 5.74) is 0.134. The third-order valence-electron chi connectivity index (χ3n) is 1.44. The SMILES string of the molecule is OC[C@@H](O)c1ccccc1F. The van der Waals surface area contributed by atoms with E-state index in [9.17, 15) is 4.39 Å². The minimum atomic E-state index is -1.11.